The Hall–Kier alpha value is -1.66. The highest BCUT2D eigenvalue weighted by Gasteiger charge is 2.24. The van der Waals surface area contributed by atoms with Crippen LogP contribution in [0.2, 0.25) is 0 Å². The molecule has 2 heterocycles. The fourth-order valence-electron chi connectivity index (χ4n) is 3.11. The van der Waals surface area contributed by atoms with Gasteiger partial charge in [0.15, 0.2) is 6.79 Å². The summed E-state index contributed by atoms with van der Waals surface area (Å²) >= 11 is 0. The number of benzene rings is 1. The largest absolute Gasteiger partial charge is 0.467 e. The molecule has 0 spiro atoms. The van der Waals surface area contributed by atoms with E-state index in [2.05, 4.69) is 11.8 Å². The first-order chi connectivity index (χ1) is 10.1. The van der Waals surface area contributed by atoms with Crippen molar-refractivity contribution in [3.8, 4) is 5.75 Å². The average molecular weight is 292 g/mol. The molecule has 1 atom stereocenters. The molecule has 1 saturated heterocycles. The van der Waals surface area contributed by atoms with Gasteiger partial charge in [-0.25, -0.2) is 0 Å². The summed E-state index contributed by atoms with van der Waals surface area (Å²) in [6.07, 6.45) is 3.63. The summed E-state index contributed by atoms with van der Waals surface area (Å²) in [6.45, 7) is 4.54. The molecule has 0 bridgehead atoms. The molecule has 0 radical (unpaired) electrons. The van der Waals surface area contributed by atoms with Crippen LogP contribution in [0.25, 0.3) is 0 Å². The first kappa shape index (κ1) is 14.3. The molecular formula is C15H20N2O4. The number of piperidine rings is 1. The second kappa shape index (κ2) is 5.99. The molecule has 0 aliphatic carbocycles. The average Bonchev–Trinajstić information content (AvgIpc) is 2.49. The normalized spacial score (nSPS) is 22.4. The third-order valence-electron chi connectivity index (χ3n) is 4.30. The zero-order valence-corrected chi connectivity index (χ0v) is 12.2. The van der Waals surface area contributed by atoms with E-state index >= 15 is 0 Å². The molecule has 1 fully saturated rings. The number of non-ortho nitro benzene ring substituents is 1. The predicted molar refractivity (Wildman–Crippen MR) is 77.1 cm³/mol. The second-order valence-electron chi connectivity index (χ2n) is 5.78. The third kappa shape index (κ3) is 3.01. The summed E-state index contributed by atoms with van der Waals surface area (Å²) < 4.78 is 10.8. The zero-order valence-electron chi connectivity index (χ0n) is 12.2. The van der Waals surface area contributed by atoms with Crippen molar-refractivity contribution < 1.29 is 14.4 Å². The Labute approximate surface area is 123 Å². The van der Waals surface area contributed by atoms with E-state index in [-0.39, 0.29) is 17.4 Å². The standard InChI is InChI=1S/C15H20N2O4/c1-11-4-2-3-5-16(11)8-12-6-14(17(18)19)7-13-9-20-10-21-15(12)13/h6-7,11H,2-5,8-10H2,1H3/t11-/m1/s1. The first-order valence-electron chi connectivity index (χ1n) is 7.40. The molecule has 114 valence electrons. The Bertz CT molecular complexity index is 547. The highest BCUT2D eigenvalue weighted by Crippen LogP contribution is 2.34. The molecule has 0 N–H and O–H groups in total. The minimum Gasteiger partial charge on any atom is -0.467 e. The van der Waals surface area contributed by atoms with Crippen molar-refractivity contribution in [1.82, 2.24) is 4.90 Å². The van der Waals surface area contributed by atoms with E-state index in [1.807, 2.05) is 0 Å². The molecule has 1 aromatic carbocycles. The molecule has 3 rings (SSSR count). The van der Waals surface area contributed by atoms with Gasteiger partial charge in [0.1, 0.15) is 5.75 Å². The van der Waals surface area contributed by atoms with Crippen LogP contribution in [0.1, 0.15) is 37.3 Å². The Morgan fingerprint density at radius 1 is 1.43 bits per heavy atom. The van der Waals surface area contributed by atoms with Gasteiger partial charge in [0, 0.05) is 35.8 Å². The number of hydrogen-bond donors (Lipinski definition) is 0. The van der Waals surface area contributed by atoms with E-state index in [0.717, 1.165) is 23.4 Å². The van der Waals surface area contributed by atoms with Gasteiger partial charge in [-0.2, -0.15) is 0 Å². The van der Waals surface area contributed by atoms with Gasteiger partial charge in [-0.3, -0.25) is 15.0 Å². The molecule has 1 aromatic rings. The van der Waals surface area contributed by atoms with Crippen molar-refractivity contribution in [2.45, 2.75) is 45.4 Å². The monoisotopic (exact) mass is 292 g/mol. The highest BCUT2D eigenvalue weighted by atomic mass is 16.7. The van der Waals surface area contributed by atoms with E-state index in [9.17, 15) is 10.1 Å². The molecule has 6 heteroatoms. The third-order valence-corrected chi connectivity index (χ3v) is 4.30. The van der Waals surface area contributed by atoms with Gasteiger partial charge in [0.25, 0.3) is 5.69 Å². The quantitative estimate of drug-likeness (QED) is 0.633. The summed E-state index contributed by atoms with van der Waals surface area (Å²) in [5, 5.41) is 11.1. The molecular weight excluding hydrogens is 272 g/mol. The minimum atomic E-state index is -0.349. The van der Waals surface area contributed by atoms with Crippen LogP contribution in [0.15, 0.2) is 12.1 Å². The molecule has 21 heavy (non-hydrogen) atoms. The molecule has 0 unspecified atom stereocenters. The second-order valence-corrected chi connectivity index (χ2v) is 5.78. The number of likely N-dealkylation sites (tertiary alicyclic amines) is 1. The van der Waals surface area contributed by atoms with Crippen molar-refractivity contribution in [1.29, 1.82) is 0 Å². The predicted octanol–water partition coefficient (Wildman–Crippen LogP) is 2.84. The van der Waals surface area contributed by atoms with Gasteiger partial charge in [0.05, 0.1) is 11.5 Å². The van der Waals surface area contributed by atoms with Gasteiger partial charge < -0.3 is 9.47 Å². The van der Waals surface area contributed by atoms with Gasteiger partial charge in [0.2, 0.25) is 0 Å². The van der Waals surface area contributed by atoms with E-state index < -0.39 is 0 Å². The number of fused-ring (bicyclic) bond motifs is 1. The highest BCUT2D eigenvalue weighted by molar-refractivity contribution is 5.50. The Balaban J connectivity index is 1.92. The van der Waals surface area contributed by atoms with E-state index in [4.69, 9.17) is 9.47 Å². The van der Waals surface area contributed by atoms with E-state index in [1.165, 1.54) is 19.3 Å². The Morgan fingerprint density at radius 2 is 2.29 bits per heavy atom. The maximum Gasteiger partial charge on any atom is 0.270 e. The van der Waals surface area contributed by atoms with Crippen LogP contribution in [0.4, 0.5) is 5.69 Å². The zero-order chi connectivity index (χ0) is 14.8. The SMILES string of the molecule is C[C@@H]1CCCCN1Cc1cc([N+](=O)[O-])cc2c1OCOC2. The number of nitro benzene ring substituents is 1. The van der Waals surface area contributed by atoms with Crippen LogP contribution >= 0.6 is 0 Å². The minimum absolute atomic E-state index is 0.113. The number of nitro groups is 1. The summed E-state index contributed by atoms with van der Waals surface area (Å²) in [5.41, 5.74) is 1.79. The van der Waals surface area contributed by atoms with Crippen LogP contribution in [0.5, 0.6) is 5.75 Å². The fourth-order valence-corrected chi connectivity index (χ4v) is 3.11. The lowest BCUT2D eigenvalue weighted by molar-refractivity contribution is -0.385. The molecule has 6 nitrogen and oxygen atoms in total. The van der Waals surface area contributed by atoms with Crippen molar-refractivity contribution >= 4 is 5.69 Å². The maximum atomic E-state index is 11.1. The first-order valence-corrected chi connectivity index (χ1v) is 7.40. The lowest BCUT2D eigenvalue weighted by atomic mass is 10.0. The molecule has 0 saturated carbocycles. The number of hydrogen-bond acceptors (Lipinski definition) is 5. The Morgan fingerprint density at radius 3 is 3.05 bits per heavy atom. The molecule has 2 aliphatic heterocycles. The topological polar surface area (TPSA) is 64.8 Å². The molecule has 0 amide bonds. The van der Waals surface area contributed by atoms with Crippen LogP contribution in [0.3, 0.4) is 0 Å². The van der Waals surface area contributed by atoms with Crippen molar-refractivity contribution in [2.24, 2.45) is 0 Å². The van der Waals surface area contributed by atoms with Crippen molar-refractivity contribution in [2.75, 3.05) is 13.3 Å². The maximum absolute atomic E-state index is 11.1. The van der Waals surface area contributed by atoms with Gasteiger partial charge in [-0.1, -0.05) is 6.42 Å². The summed E-state index contributed by atoms with van der Waals surface area (Å²) in [5.74, 6) is 0.768. The molecule has 0 aromatic heterocycles. The van der Waals surface area contributed by atoms with Crippen LogP contribution in [0, 0.1) is 10.1 Å². The van der Waals surface area contributed by atoms with Gasteiger partial charge >= 0.3 is 0 Å². The number of nitrogens with zero attached hydrogens (tertiary/aromatic N) is 2. The van der Waals surface area contributed by atoms with Crippen LogP contribution in [-0.4, -0.2) is 29.2 Å². The summed E-state index contributed by atoms with van der Waals surface area (Å²) in [6, 6.07) is 3.71. The van der Waals surface area contributed by atoms with Crippen molar-refractivity contribution in [3.05, 3.63) is 33.4 Å². The summed E-state index contributed by atoms with van der Waals surface area (Å²) in [4.78, 5) is 13.1. The van der Waals surface area contributed by atoms with E-state index in [1.54, 1.807) is 12.1 Å². The smallest absolute Gasteiger partial charge is 0.270 e. The lowest BCUT2D eigenvalue weighted by Crippen LogP contribution is -2.37. The summed E-state index contributed by atoms with van der Waals surface area (Å²) in [7, 11) is 0. The number of rotatable bonds is 3. The molecule has 2 aliphatic rings. The lowest BCUT2D eigenvalue weighted by Gasteiger charge is -2.34. The number of ether oxygens (including phenoxy) is 2. The van der Waals surface area contributed by atoms with E-state index in [0.29, 0.717) is 19.2 Å². The Kier molecular flexibility index (Phi) is 4.07. The van der Waals surface area contributed by atoms with Gasteiger partial charge in [-0.05, 0) is 26.3 Å². The van der Waals surface area contributed by atoms with Crippen molar-refractivity contribution in [3.63, 3.8) is 0 Å². The van der Waals surface area contributed by atoms with Gasteiger partial charge in [-0.15, -0.1) is 0 Å². The fraction of sp³-hybridized carbons (Fsp3) is 0.600. The van der Waals surface area contributed by atoms with Crippen LogP contribution in [-0.2, 0) is 17.9 Å². The van der Waals surface area contributed by atoms with Crippen LogP contribution < -0.4 is 4.74 Å².